The molecular weight excluding hydrogens is 447 g/mol. The minimum atomic E-state index is -0.230. The molecule has 1 N–H and O–H groups in total. The third kappa shape index (κ3) is 6.06. The second-order valence-corrected chi connectivity index (χ2v) is 9.16. The maximum Gasteiger partial charge on any atom is 0.243 e. The van der Waals surface area contributed by atoms with Gasteiger partial charge in [0.05, 0.1) is 0 Å². The van der Waals surface area contributed by atoms with Crippen molar-refractivity contribution in [3.05, 3.63) is 63.6 Å². The number of carbonyl (C=O) groups excluding carboxylic acids is 1. The molecule has 2 heterocycles. The van der Waals surface area contributed by atoms with Crippen LogP contribution in [0.2, 0.25) is 10.0 Å². The van der Waals surface area contributed by atoms with E-state index in [1.54, 1.807) is 18.2 Å². The molecule has 0 spiro atoms. The van der Waals surface area contributed by atoms with Crippen LogP contribution in [0.4, 0.5) is 0 Å². The van der Waals surface area contributed by atoms with Gasteiger partial charge in [-0.3, -0.25) is 9.69 Å². The molecule has 0 unspecified atom stereocenters. The van der Waals surface area contributed by atoms with E-state index >= 15 is 0 Å². The fraction of sp³-hybridized carbons (Fsp3) is 0.391. The van der Waals surface area contributed by atoms with Crippen LogP contribution in [0.5, 0.6) is 0 Å². The number of nitrogens with one attached hydrogen (secondary N) is 1. The number of hydrogen-bond donors (Lipinski definition) is 1. The van der Waals surface area contributed by atoms with Crippen LogP contribution in [0.3, 0.4) is 0 Å². The predicted molar refractivity (Wildman–Crippen MR) is 125 cm³/mol. The number of benzene rings is 2. The van der Waals surface area contributed by atoms with Crippen LogP contribution in [-0.2, 0) is 24.4 Å². The molecule has 0 atom stereocenters. The average molecular weight is 473 g/mol. The van der Waals surface area contributed by atoms with Gasteiger partial charge in [-0.05, 0) is 60.3 Å². The number of aromatic nitrogens is 4. The predicted octanol–water partition coefficient (Wildman–Crippen LogP) is 4.20. The molecule has 32 heavy (non-hydrogen) atoms. The molecule has 2 aromatic carbocycles. The first-order valence-corrected chi connectivity index (χ1v) is 11.5. The van der Waals surface area contributed by atoms with Crippen LogP contribution < -0.4 is 5.32 Å². The minimum Gasteiger partial charge on any atom is -0.350 e. The van der Waals surface area contributed by atoms with E-state index in [4.69, 9.17) is 23.2 Å². The highest BCUT2D eigenvalue weighted by Gasteiger charge is 2.16. The first kappa shape index (κ1) is 22.7. The Balaban J connectivity index is 1.29. The summed E-state index contributed by atoms with van der Waals surface area (Å²) in [7, 11) is 0. The molecule has 1 amide bonds. The molecule has 3 aromatic rings. The second kappa shape index (κ2) is 10.4. The summed E-state index contributed by atoms with van der Waals surface area (Å²) in [5.74, 6) is 1.10. The lowest BCUT2D eigenvalue weighted by Crippen LogP contribution is -2.32. The van der Waals surface area contributed by atoms with Crippen molar-refractivity contribution in [3.8, 4) is 11.4 Å². The zero-order chi connectivity index (χ0) is 22.5. The van der Waals surface area contributed by atoms with Crippen molar-refractivity contribution in [1.82, 2.24) is 30.4 Å². The highest BCUT2D eigenvalue weighted by Crippen LogP contribution is 2.21. The zero-order valence-electron chi connectivity index (χ0n) is 18.0. The molecule has 1 aromatic heterocycles. The molecule has 0 aliphatic carbocycles. The smallest absolute Gasteiger partial charge is 0.243 e. The molecule has 1 fully saturated rings. The van der Waals surface area contributed by atoms with Crippen molar-refractivity contribution in [3.63, 3.8) is 0 Å². The first-order chi connectivity index (χ1) is 15.5. The summed E-state index contributed by atoms with van der Waals surface area (Å²) in [4.78, 5) is 16.0. The quantitative estimate of drug-likeness (QED) is 0.557. The summed E-state index contributed by atoms with van der Waals surface area (Å²) in [6, 6.07) is 13.4. The molecule has 0 saturated carbocycles. The lowest BCUT2D eigenvalue weighted by atomic mass is 9.99. The van der Waals surface area contributed by atoms with Crippen molar-refractivity contribution in [2.75, 3.05) is 13.1 Å². The Morgan fingerprint density at radius 2 is 1.88 bits per heavy atom. The number of likely N-dealkylation sites (tertiary alicyclic amines) is 1. The molecule has 0 radical (unpaired) electrons. The maximum absolute atomic E-state index is 12.3. The molecule has 168 valence electrons. The average Bonchev–Trinajstić information content (AvgIpc) is 3.23. The van der Waals surface area contributed by atoms with Crippen molar-refractivity contribution < 1.29 is 4.79 Å². The molecule has 7 nitrogen and oxygen atoms in total. The normalized spacial score (nSPS) is 15.1. The molecule has 9 heteroatoms. The van der Waals surface area contributed by atoms with Crippen LogP contribution in [0, 0.1) is 5.92 Å². The second-order valence-electron chi connectivity index (χ2n) is 8.31. The highest BCUT2D eigenvalue weighted by atomic mass is 35.5. The van der Waals surface area contributed by atoms with Gasteiger partial charge in [0, 0.05) is 28.7 Å². The van der Waals surface area contributed by atoms with Crippen LogP contribution in [0.15, 0.2) is 42.5 Å². The summed E-state index contributed by atoms with van der Waals surface area (Å²) in [5.41, 5.74) is 2.94. The number of hydrogen-bond acceptors (Lipinski definition) is 5. The summed E-state index contributed by atoms with van der Waals surface area (Å²) < 4.78 is 0. The van der Waals surface area contributed by atoms with E-state index in [1.807, 2.05) is 12.1 Å². The van der Waals surface area contributed by atoms with E-state index in [0.29, 0.717) is 22.4 Å². The number of nitrogens with zero attached hydrogens (tertiary/aromatic N) is 5. The van der Waals surface area contributed by atoms with E-state index in [0.717, 1.165) is 36.7 Å². The van der Waals surface area contributed by atoms with Gasteiger partial charge >= 0.3 is 0 Å². The molecule has 1 aliphatic heterocycles. The maximum atomic E-state index is 12.3. The van der Waals surface area contributed by atoms with E-state index in [2.05, 4.69) is 44.7 Å². The number of tetrazole rings is 1. The van der Waals surface area contributed by atoms with Crippen molar-refractivity contribution >= 4 is 29.1 Å². The van der Waals surface area contributed by atoms with E-state index in [-0.39, 0.29) is 12.5 Å². The molecule has 1 aliphatic rings. The van der Waals surface area contributed by atoms with Gasteiger partial charge in [-0.2, -0.15) is 4.80 Å². The minimum absolute atomic E-state index is 0.0241. The Morgan fingerprint density at radius 1 is 1.12 bits per heavy atom. The van der Waals surface area contributed by atoms with Gasteiger partial charge in [0.2, 0.25) is 11.7 Å². The van der Waals surface area contributed by atoms with Gasteiger partial charge in [0.1, 0.15) is 6.54 Å². The van der Waals surface area contributed by atoms with Gasteiger partial charge < -0.3 is 5.32 Å². The van der Waals surface area contributed by atoms with Crippen molar-refractivity contribution in [2.24, 2.45) is 5.92 Å². The van der Waals surface area contributed by atoms with Gasteiger partial charge in [0.25, 0.3) is 0 Å². The van der Waals surface area contributed by atoms with Crippen LogP contribution in [0.25, 0.3) is 11.4 Å². The molecule has 1 saturated heterocycles. The van der Waals surface area contributed by atoms with Crippen LogP contribution in [-0.4, -0.2) is 44.1 Å². The summed E-state index contributed by atoms with van der Waals surface area (Å²) in [6.45, 7) is 5.88. The SMILES string of the molecule is CC1CCN(Cc2ccc(-c3nnn(CC(=O)NCc4ccc(Cl)cc4Cl)n3)cc2)CC1. The summed E-state index contributed by atoms with van der Waals surface area (Å²) in [6.07, 6.45) is 2.54. The van der Waals surface area contributed by atoms with Gasteiger partial charge in [0.15, 0.2) is 0 Å². The Bertz CT molecular complexity index is 1060. The van der Waals surface area contributed by atoms with Crippen LogP contribution >= 0.6 is 23.2 Å². The number of piperidine rings is 1. The third-order valence-corrected chi connectivity index (χ3v) is 6.31. The van der Waals surface area contributed by atoms with Crippen molar-refractivity contribution in [1.29, 1.82) is 0 Å². The third-order valence-electron chi connectivity index (χ3n) is 5.72. The van der Waals surface area contributed by atoms with Crippen molar-refractivity contribution in [2.45, 2.75) is 39.4 Å². The Morgan fingerprint density at radius 3 is 2.59 bits per heavy atom. The van der Waals surface area contributed by atoms with Gasteiger partial charge in [-0.25, -0.2) is 0 Å². The van der Waals surface area contributed by atoms with Crippen LogP contribution in [0.1, 0.15) is 30.9 Å². The molecular formula is C23H26Cl2N6O. The highest BCUT2D eigenvalue weighted by molar-refractivity contribution is 6.35. The van der Waals surface area contributed by atoms with Gasteiger partial charge in [-0.1, -0.05) is 60.5 Å². The fourth-order valence-corrected chi connectivity index (χ4v) is 4.18. The zero-order valence-corrected chi connectivity index (χ0v) is 19.5. The summed E-state index contributed by atoms with van der Waals surface area (Å²) in [5, 5.41) is 16.3. The largest absolute Gasteiger partial charge is 0.350 e. The summed E-state index contributed by atoms with van der Waals surface area (Å²) >= 11 is 12.0. The number of rotatable bonds is 7. The lowest BCUT2D eigenvalue weighted by molar-refractivity contribution is -0.122. The fourth-order valence-electron chi connectivity index (χ4n) is 3.71. The number of halogens is 2. The monoisotopic (exact) mass is 472 g/mol. The van der Waals surface area contributed by atoms with E-state index in [9.17, 15) is 4.79 Å². The Hall–Kier alpha value is -2.48. The number of amides is 1. The lowest BCUT2D eigenvalue weighted by Gasteiger charge is -2.30. The topological polar surface area (TPSA) is 75.9 Å². The van der Waals surface area contributed by atoms with Gasteiger partial charge in [-0.15, -0.1) is 10.2 Å². The number of carbonyl (C=O) groups is 1. The van der Waals surface area contributed by atoms with E-state index < -0.39 is 0 Å². The molecule has 0 bridgehead atoms. The first-order valence-electron chi connectivity index (χ1n) is 10.8. The van der Waals surface area contributed by atoms with E-state index in [1.165, 1.54) is 23.2 Å². The molecule has 4 rings (SSSR count). The Labute approximate surface area is 197 Å². The Kier molecular flexibility index (Phi) is 7.40. The standard InChI is InChI=1S/C23H26Cl2N6O/c1-16-8-10-30(11-9-16)14-17-2-4-18(5-3-17)23-27-29-31(28-23)15-22(32)26-13-19-6-7-20(24)12-21(19)25/h2-7,12,16H,8-11,13-15H2,1H3,(H,26,32).